The highest BCUT2D eigenvalue weighted by atomic mass is 35.5. The number of halogens is 2. The number of ketones is 2. The van der Waals surface area contributed by atoms with Crippen molar-refractivity contribution >= 4 is 75.8 Å². The van der Waals surface area contributed by atoms with Gasteiger partial charge in [-0.3, -0.25) is 24.1 Å². The minimum Gasteiger partial charge on any atom is -0.544 e. The van der Waals surface area contributed by atoms with Gasteiger partial charge in [-0.25, -0.2) is 12.4 Å². The normalized spacial score (nSPS) is 23.3. The number of alkyl halides is 1. The Hall–Kier alpha value is -4.29. The molecular weight excluding hydrogens is 764 g/mol. The van der Waals surface area contributed by atoms with Crippen LogP contribution in [-0.2, 0) is 24.0 Å². The molecule has 2 heterocycles. The Labute approximate surface area is 325 Å². The number of Topliss-reactive ketones (excluding diaryl/α,β-unsaturated/α-hetero) is 1. The van der Waals surface area contributed by atoms with E-state index >= 15 is 0 Å². The first-order chi connectivity index (χ1) is 25.5. The van der Waals surface area contributed by atoms with Crippen LogP contribution < -0.4 is 0 Å². The number of carbonyl (C=O) groups is 4. The van der Waals surface area contributed by atoms with Gasteiger partial charge in [0.2, 0.25) is 0 Å². The molecule has 9 nitrogen and oxygen atoms in total. The zero-order valence-corrected chi connectivity index (χ0v) is 33.9. The van der Waals surface area contributed by atoms with Gasteiger partial charge in [0.15, 0.2) is 11.6 Å². The molecule has 0 saturated heterocycles. The van der Waals surface area contributed by atoms with Gasteiger partial charge < -0.3 is 4.43 Å². The van der Waals surface area contributed by atoms with Crippen molar-refractivity contribution in [1.82, 2.24) is 8.87 Å². The molecule has 0 fully saturated rings. The van der Waals surface area contributed by atoms with Crippen LogP contribution in [0, 0.1) is 5.92 Å². The Kier molecular flexibility index (Phi) is 9.48. The first-order valence-electron chi connectivity index (χ1n) is 17.9. The standard InChI is InChI=1S/C41H40Cl2N2O7SSi/c1-23(2)54(24(3)4,25(5)6)52-34-20-31(30-22-44(33-19-13-12-16-27(30)33)53(50,51)26-14-8-7-9-15-26)41(43)35(46)21-32(42)38(47)36(41)37(34)45-39(48)28-17-10-11-18-29(28)40(45)49/h7-25,31,36-37H,1-6H3/t31?,36-,37-,41-/m0/s1. The smallest absolute Gasteiger partial charge is 0.268 e. The minimum atomic E-state index is -4.16. The van der Waals surface area contributed by atoms with Crippen LogP contribution in [0.2, 0.25) is 16.6 Å². The molecule has 7 rings (SSSR count). The molecule has 3 aliphatic rings. The molecule has 1 aromatic heterocycles. The maximum atomic E-state index is 14.6. The van der Waals surface area contributed by atoms with Crippen molar-refractivity contribution in [2.45, 2.75) is 79.9 Å². The maximum Gasteiger partial charge on any atom is 0.268 e. The van der Waals surface area contributed by atoms with Gasteiger partial charge in [0.25, 0.3) is 30.2 Å². The molecule has 1 unspecified atom stereocenters. The Morgan fingerprint density at radius 2 is 1.31 bits per heavy atom. The van der Waals surface area contributed by atoms with Crippen molar-refractivity contribution in [3.05, 3.63) is 125 Å². The van der Waals surface area contributed by atoms with Gasteiger partial charge in [0, 0.05) is 23.6 Å². The lowest BCUT2D eigenvalue weighted by Gasteiger charge is -2.52. The van der Waals surface area contributed by atoms with Crippen LogP contribution in [0.5, 0.6) is 0 Å². The van der Waals surface area contributed by atoms with E-state index in [1.807, 2.05) is 0 Å². The van der Waals surface area contributed by atoms with Gasteiger partial charge in [0.05, 0.1) is 32.5 Å². The van der Waals surface area contributed by atoms with Crippen molar-refractivity contribution in [1.29, 1.82) is 0 Å². The number of carbonyl (C=O) groups excluding carboxylic acids is 4. The second kappa shape index (κ2) is 13.5. The molecular formula is C41H40Cl2N2O7SSi. The summed E-state index contributed by atoms with van der Waals surface area (Å²) in [5, 5.41) is 0.0774. The van der Waals surface area contributed by atoms with Gasteiger partial charge in [0.1, 0.15) is 16.7 Å². The predicted octanol–water partition coefficient (Wildman–Crippen LogP) is 8.58. The molecule has 0 bridgehead atoms. The van der Waals surface area contributed by atoms with Gasteiger partial charge in [-0.05, 0) is 58.6 Å². The monoisotopic (exact) mass is 802 g/mol. The van der Waals surface area contributed by atoms with E-state index in [1.165, 1.54) is 30.5 Å². The fourth-order valence-corrected chi connectivity index (χ4v) is 16.5. The zero-order chi connectivity index (χ0) is 39.1. The second-order valence-corrected chi connectivity index (χ2v) is 23.3. The molecule has 0 N–H and O–H groups in total. The summed E-state index contributed by atoms with van der Waals surface area (Å²) in [4.78, 5) is 56.6. The highest BCUT2D eigenvalue weighted by Crippen LogP contribution is 2.57. The van der Waals surface area contributed by atoms with Crippen LogP contribution in [0.4, 0.5) is 0 Å². The van der Waals surface area contributed by atoms with Gasteiger partial charge in [-0.2, -0.15) is 0 Å². The van der Waals surface area contributed by atoms with E-state index in [2.05, 4.69) is 41.5 Å². The predicted molar refractivity (Wildman–Crippen MR) is 211 cm³/mol. The number of allylic oxidation sites excluding steroid dienone is 3. The van der Waals surface area contributed by atoms with E-state index in [4.69, 9.17) is 27.6 Å². The van der Waals surface area contributed by atoms with Crippen molar-refractivity contribution < 1.29 is 32.0 Å². The molecule has 2 amide bonds. The third-order valence-corrected chi connectivity index (χ3v) is 20.1. The average Bonchev–Trinajstić information content (AvgIpc) is 3.64. The number of nitrogens with zero attached hydrogens (tertiary/aromatic N) is 2. The number of fused-ring (bicyclic) bond motifs is 3. The lowest BCUT2D eigenvalue weighted by molar-refractivity contribution is -0.130. The van der Waals surface area contributed by atoms with Gasteiger partial charge in [-0.15, -0.1) is 11.6 Å². The van der Waals surface area contributed by atoms with Crippen LogP contribution >= 0.6 is 23.2 Å². The van der Waals surface area contributed by atoms with Gasteiger partial charge in [-0.1, -0.05) is 102 Å². The lowest BCUT2D eigenvalue weighted by Crippen LogP contribution is -2.64. The Bertz CT molecular complexity index is 2360. The summed E-state index contributed by atoms with van der Waals surface area (Å²) in [6.07, 6.45) is 4.06. The number of hydrogen-bond acceptors (Lipinski definition) is 7. The molecule has 3 aromatic carbocycles. The van der Waals surface area contributed by atoms with Crippen molar-refractivity contribution in [2.24, 2.45) is 5.92 Å². The van der Waals surface area contributed by atoms with Gasteiger partial charge >= 0.3 is 0 Å². The number of para-hydroxylation sites is 1. The average molecular weight is 804 g/mol. The number of imide groups is 1. The molecule has 0 spiro atoms. The van der Waals surface area contributed by atoms with E-state index in [0.29, 0.717) is 16.5 Å². The largest absolute Gasteiger partial charge is 0.544 e. The highest BCUT2D eigenvalue weighted by molar-refractivity contribution is 7.90. The number of benzene rings is 3. The first kappa shape index (κ1) is 38.0. The SMILES string of the molecule is CC(C)[Si](OC1=CC(c2cn(S(=O)(=O)c3ccccc3)c3ccccc23)[C@]2(Cl)C(=O)C=C(Cl)C(=O)[C@@H]2[C@H]1N1C(=O)c2ccccc2C1=O)(C(C)C)C(C)C. The summed E-state index contributed by atoms with van der Waals surface area (Å²) in [5.74, 6) is -5.40. The Balaban J connectivity index is 1.56. The summed E-state index contributed by atoms with van der Waals surface area (Å²) in [6.45, 7) is 12.5. The summed E-state index contributed by atoms with van der Waals surface area (Å²) in [6, 6.07) is 19.7. The first-order valence-corrected chi connectivity index (χ1v) is 22.3. The van der Waals surface area contributed by atoms with Crippen LogP contribution in [-0.4, -0.2) is 59.9 Å². The van der Waals surface area contributed by atoms with Crippen molar-refractivity contribution in [2.75, 3.05) is 0 Å². The summed E-state index contributed by atoms with van der Waals surface area (Å²) >= 11 is 14.2. The van der Waals surface area contributed by atoms with E-state index < -0.39 is 69.5 Å². The quantitative estimate of drug-likeness (QED) is 0.0945. The van der Waals surface area contributed by atoms with E-state index in [-0.39, 0.29) is 38.4 Å². The van der Waals surface area contributed by atoms with E-state index in [0.717, 1.165) is 14.9 Å². The fourth-order valence-electron chi connectivity index (χ4n) is 9.09. The topological polar surface area (TPSA) is 120 Å². The fraction of sp³-hybridized carbons (Fsp3) is 0.317. The number of rotatable bonds is 9. The number of aromatic nitrogens is 1. The molecule has 13 heteroatoms. The Morgan fingerprint density at radius 3 is 1.89 bits per heavy atom. The molecule has 54 heavy (non-hydrogen) atoms. The molecule has 0 radical (unpaired) electrons. The third-order valence-electron chi connectivity index (χ3n) is 11.4. The molecule has 2 aliphatic carbocycles. The summed E-state index contributed by atoms with van der Waals surface area (Å²) in [5.41, 5.74) is 1.02. The van der Waals surface area contributed by atoms with Crippen LogP contribution in [0.25, 0.3) is 10.9 Å². The second-order valence-electron chi connectivity index (χ2n) is 15.1. The molecule has 1 aliphatic heterocycles. The van der Waals surface area contributed by atoms with Crippen LogP contribution in [0.3, 0.4) is 0 Å². The molecule has 4 atom stereocenters. The van der Waals surface area contributed by atoms with Crippen LogP contribution in [0.15, 0.2) is 113 Å². The zero-order valence-electron chi connectivity index (χ0n) is 30.6. The molecule has 0 saturated carbocycles. The molecule has 280 valence electrons. The van der Waals surface area contributed by atoms with Crippen molar-refractivity contribution in [3.8, 4) is 0 Å². The third kappa shape index (κ3) is 5.41. The number of hydrogen-bond donors (Lipinski definition) is 0. The van der Waals surface area contributed by atoms with Crippen LogP contribution in [0.1, 0.15) is 73.7 Å². The maximum absolute atomic E-state index is 14.6. The Morgan fingerprint density at radius 1 is 0.778 bits per heavy atom. The van der Waals surface area contributed by atoms with Crippen molar-refractivity contribution in [3.63, 3.8) is 0 Å². The lowest BCUT2D eigenvalue weighted by atomic mass is 9.63. The highest BCUT2D eigenvalue weighted by Gasteiger charge is 2.65. The summed E-state index contributed by atoms with van der Waals surface area (Å²) < 4.78 is 36.9. The van der Waals surface area contributed by atoms with E-state index in [9.17, 15) is 27.6 Å². The molecule has 4 aromatic rings. The minimum absolute atomic E-state index is 0.0208. The number of amides is 2. The summed E-state index contributed by atoms with van der Waals surface area (Å²) in [7, 11) is -7.09. The van der Waals surface area contributed by atoms with E-state index in [1.54, 1.807) is 60.7 Å².